The molecule has 0 spiro atoms. The van der Waals surface area contributed by atoms with E-state index in [-0.39, 0.29) is 18.0 Å². The second-order valence-electron chi connectivity index (χ2n) is 6.18. The molecule has 0 aromatic heterocycles. The molecule has 25 heavy (non-hydrogen) atoms. The lowest BCUT2D eigenvalue weighted by atomic mass is 9.97. The number of carbonyl (C=O) groups is 1. The highest BCUT2D eigenvalue weighted by atomic mass is 16.5. The summed E-state index contributed by atoms with van der Waals surface area (Å²) in [5.41, 5.74) is 2.32. The monoisotopic (exact) mass is 340 g/mol. The maximum Gasteiger partial charge on any atom is 0.237 e. The van der Waals surface area contributed by atoms with Gasteiger partial charge in [-0.25, -0.2) is 0 Å². The van der Waals surface area contributed by atoms with Crippen LogP contribution in [0.3, 0.4) is 0 Å². The average Bonchev–Trinajstić information content (AvgIpc) is 3.06. The number of ether oxygens (including phenoxy) is 2. The summed E-state index contributed by atoms with van der Waals surface area (Å²) in [6, 6.07) is 15.9. The van der Waals surface area contributed by atoms with Crippen molar-refractivity contribution in [2.75, 3.05) is 20.8 Å². The van der Waals surface area contributed by atoms with Crippen molar-refractivity contribution in [3.63, 3.8) is 0 Å². The molecule has 3 rings (SSSR count). The maximum atomic E-state index is 12.0. The van der Waals surface area contributed by atoms with Gasteiger partial charge in [-0.1, -0.05) is 24.3 Å². The Bertz CT molecular complexity index is 698. The molecule has 5 heteroatoms. The summed E-state index contributed by atoms with van der Waals surface area (Å²) in [6.45, 7) is 0.731. The SMILES string of the molecule is COc1ccc(C[C@@H](N[C@H]2CCNC2=O)c2ccc(OC)cc2)cc1. The van der Waals surface area contributed by atoms with Crippen molar-refractivity contribution in [3.05, 3.63) is 59.7 Å². The zero-order valence-electron chi connectivity index (χ0n) is 14.6. The average molecular weight is 340 g/mol. The zero-order chi connectivity index (χ0) is 17.6. The van der Waals surface area contributed by atoms with Crippen molar-refractivity contribution in [2.24, 2.45) is 0 Å². The lowest BCUT2D eigenvalue weighted by molar-refractivity contribution is -0.121. The molecule has 1 saturated heterocycles. The van der Waals surface area contributed by atoms with Gasteiger partial charge in [0.2, 0.25) is 5.91 Å². The molecule has 1 heterocycles. The van der Waals surface area contributed by atoms with Crippen molar-refractivity contribution in [1.82, 2.24) is 10.6 Å². The summed E-state index contributed by atoms with van der Waals surface area (Å²) in [4.78, 5) is 12.0. The molecule has 2 N–H and O–H groups in total. The first-order chi connectivity index (χ1) is 12.2. The molecule has 1 amide bonds. The molecule has 132 valence electrons. The van der Waals surface area contributed by atoms with Crippen LogP contribution in [0.4, 0.5) is 0 Å². The van der Waals surface area contributed by atoms with E-state index in [4.69, 9.17) is 9.47 Å². The molecule has 2 aromatic rings. The van der Waals surface area contributed by atoms with E-state index < -0.39 is 0 Å². The highest BCUT2D eigenvalue weighted by Crippen LogP contribution is 2.24. The van der Waals surface area contributed by atoms with Crippen molar-refractivity contribution >= 4 is 5.91 Å². The van der Waals surface area contributed by atoms with Gasteiger partial charge in [0.1, 0.15) is 11.5 Å². The Morgan fingerprint density at radius 3 is 2.16 bits per heavy atom. The van der Waals surface area contributed by atoms with Crippen LogP contribution >= 0.6 is 0 Å². The van der Waals surface area contributed by atoms with Crippen LogP contribution in [-0.4, -0.2) is 32.7 Å². The highest BCUT2D eigenvalue weighted by Gasteiger charge is 2.27. The Hall–Kier alpha value is -2.53. The normalized spacial score (nSPS) is 17.8. The molecule has 0 aliphatic carbocycles. The number of carbonyl (C=O) groups excluding carboxylic acids is 1. The minimum absolute atomic E-state index is 0.0492. The van der Waals surface area contributed by atoms with E-state index in [1.165, 1.54) is 5.56 Å². The molecule has 1 fully saturated rings. The van der Waals surface area contributed by atoms with E-state index in [1.807, 2.05) is 36.4 Å². The summed E-state index contributed by atoms with van der Waals surface area (Å²) in [5.74, 6) is 1.74. The molecule has 2 atom stereocenters. The summed E-state index contributed by atoms with van der Waals surface area (Å²) in [7, 11) is 3.32. The van der Waals surface area contributed by atoms with Crippen LogP contribution in [0.2, 0.25) is 0 Å². The highest BCUT2D eigenvalue weighted by molar-refractivity contribution is 5.83. The van der Waals surface area contributed by atoms with Crippen LogP contribution in [0.25, 0.3) is 0 Å². The van der Waals surface area contributed by atoms with Gasteiger partial charge < -0.3 is 14.8 Å². The first-order valence-corrected chi connectivity index (χ1v) is 8.50. The van der Waals surface area contributed by atoms with Crippen molar-refractivity contribution in [1.29, 1.82) is 0 Å². The summed E-state index contributed by atoms with van der Waals surface area (Å²) in [5, 5.41) is 6.40. The Kier molecular flexibility index (Phi) is 5.56. The molecule has 0 radical (unpaired) electrons. The van der Waals surface area contributed by atoms with Gasteiger partial charge in [0.05, 0.1) is 20.3 Å². The van der Waals surface area contributed by atoms with Gasteiger partial charge >= 0.3 is 0 Å². The van der Waals surface area contributed by atoms with Gasteiger partial charge in [-0.15, -0.1) is 0 Å². The maximum absolute atomic E-state index is 12.0. The predicted octanol–water partition coefficient (Wildman–Crippen LogP) is 2.47. The molecule has 1 aliphatic heterocycles. The number of nitrogens with one attached hydrogen (secondary N) is 2. The van der Waals surface area contributed by atoms with E-state index in [2.05, 4.69) is 22.8 Å². The van der Waals surface area contributed by atoms with Crippen LogP contribution in [0.1, 0.15) is 23.6 Å². The standard InChI is InChI=1S/C20H24N2O3/c1-24-16-7-3-14(4-8-16)13-19(22-18-11-12-21-20(18)23)15-5-9-17(25-2)10-6-15/h3-10,18-19,22H,11-13H2,1-2H3,(H,21,23)/t18-,19+/m0/s1. The number of benzene rings is 2. The molecule has 5 nitrogen and oxygen atoms in total. The number of amides is 1. The fourth-order valence-corrected chi connectivity index (χ4v) is 3.10. The third-order valence-corrected chi connectivity index (χ3v) is 4.57. The minimum Gasteiger partial charge on any atom is -0.497 e. The number of methoxy groups -OCH3 is 2. The first-order valence-electron chi connectivity index (χ1n) is 8.50. The van der Waals surface area contributed by atoms with Gasteiger partial charge in [-0.05, 0) is 48.2 Å². The quantitative estimate of drug-likeness (QED) is 0.813. The van der Waals surface area contributed by atoms with E-state index in [1.54, 1.807) is 14.2 Å². The molecule has 0 saturated carbocycles. The van der Waals surface area contributed by atoms with Gasteiger partial charge in [0.25, 0.3) is 0 Å². The molecule has 0 unspecified atom stereocenters. The first kappa shape index (κ1) is 17.3. The second-order valence-corrected chi connectivity index (χ2v) is 6.18. The van der Waals surface area contributed by atoms with Crippen LogP contribution in [0.5, 0.6) is 11.5 Å². The van der Waals surface area contributed by atoms with E-state index in [0.717, 1.165) is 36.4 Å². The third-order valence-electron chi connectivity index (χ3n) is 4.57. The topological polar surface area (TPSA) is 59.6 Å². The van der Waals surface area contributed by atoms with Gasteiger partial charge in [0, 0.05) is 12.6 Å². The molecule has 2 aromatic carbocycles. The number of hydrogen-bond donors (Lipinski definition) is 2. The van der Waals surface area contributed by atoms with Crippen LogP contribution in [0, 0.1) is 0 Å². The Balaban J connectivity index is 1.80. The number of rotatable bonds is 7. The lowest BCUT2D eigenvalue weighted by Gasteiger charge is -2.23. The van der Waals surface area contributed by atoms with Gasteiger partial charge in [0.15, 0.2) is 0 Å². The summed E-state index contributed by atoms with van der Waals surface area (Å²) >= 11 is 0. The van der Waals surface area contributed by atoms with Crippen molar-refractivity contribution < 1.29 is 14.3 Å². The van der Waals surface area contributed by atoms with Gasteiger partial charge in [-0.2, -0.15) is 0 Å². The van der Waals surface area contributed by atoms with Gasteiger partial charge in [-0.3, -0.25) is 10.1 Å². The van der Waals surface area contributed by atoms with Crippen molar-refractivity contribution in [3.8, 4) is 11.5 Å². The zero-order valence-corrected chi connectivity index (χ0v) is 14.6. The molecular weight excluding hydrogens is 316 g/mol. The minimum atomic E-state index is -0.148. The predicted molar refractivity (Wildman–Crippen MR) is 97.0 cm³/mol. The van der Waals surface area contributed by atoms with E-state index in [9.17, 15) is 4.79 Å². The molecule has 1 aliphatic rings. The Morgan fingerprint density at radius 2 is 1.64 bits per heavy atom. The Labute approximate surface area is 148 Å². The number of hydrogen-bond acceptors (Lipinski definition) is 4. The largest absolute Gasteiger partial charge is 0.497 e. The van der Waals surface area contributed by atoms with Crippen LogP contribution in [0.15, 0.2) is 48.5 Å². The Morgan fingerprint density at radius 1 is 1.04 bits per heavy atom. The lowest BCUT2D eigenvalue weighted by Crippen LogP contribution is -2.39. The van der Waals surface area contributed by atoms with Crippen molar-refractivity contribution in [2.45, 2.75) is 24.9 Å². The molecular formula is C20H24N2O3. The van der Waals surface area contributed by atoms with E-state index >= 15 is 0 Å². The second kappa shape index (κ2) is 8.03. The summed E-state index contributed by atoms with van der Waals surface area (Å²) in [6.07, 6.45) is 1.61. The summed E-state index contributed by atoms with van der Waals surface area (Å²) < 4.78 is 10.5. The fourth-order valence-electron chi connectivity index (χ4n) is 3.10. The van der Waals surface area contributed by atoms with Crippen LogP contribution < -0.4 is 20.1 Å². The molecule has 0 bridgehead atoms. The van der Waals surface area contributed by atoms with Crippen LogP contribution in [-0.2, 0) is 11.2 Å². The fraction of sp³-hybridized carbons (Fsp3) is 0.350. The smallest absolute Gasteiger partial charge is 0.237 e. The third kappa shape index (κ3) is 4.31. The van der Waals surface area contributed by atoms with E-state index in [0.29, 0.717) is 0 Å².